The number of benzene rings is 1. The van der Waals surface area contributed by atoms with E-state index in [1.165, 1.54) is 19.1 Å². The van der Waals surface area contributed by atoms with Gasteiger partial charge in [0.05, 0.1) is 4.90 Å². The number of carbonyl (C=O) groups is 2. The Labute approximate surface area is 167 Å². The van der Waals surface area contributed by atoms with Gasteiger partial charge in [0, 0.05) is 37.7 Å². The SMILES string of the molecule is CC(=O)NCC1CCN(C(=O)c2cc(S(=O)(=O)NC(C)(C)C)ccc2C)CC1. The minimum absolute atomic E-state index is 0.0454. The van der Waals surface area contributed by atoms with E-state index < -0.39 is 15.6 Å². The molecule has 1 saturated heterocycles. The van der Waals surface area contributed by atoms with Crippen LogP contribution in [0.15, 0.2) is 23.1 Å². The van der Waals surface area contributed by atoms with Crippen molar-refractivity contribution >= 4 is 21.8 Å². The number of nitrogens with one attached hydrogen (secondary N) is 2. The van der Waals surface area contributed by atoms with E-state index in [0.29, 0.717) is 31.1 Å². The van der Waals surface area contributed by atoms with Crippen molar-refractivity contribution in [1.29, 1.82) is 0 Å². The van der Waals surface area contributed by atoms with Crippen molar-refractivity contribution in [2.75, 3.05) is 19.6 Å². The van der Waals surface area contributed by atoms with Crippen LogP contribution < -0.4 is 10.0 Å². The first kappa shape index (κ1) is 22.4. The van der Waals surface area contributed by atoms with Crippen LogP contribution in [0, 0.1) is 12.8 Å². The van der Waals surface area contributed by atoms with Crippen molar-refractivity contribution in [3.05, 3.63) is 29.3 Å². The van der Waals surface area contributed by atoms with Crippen molar-refractivity contribution in [1.82, 2.24) is 14.9 Å². The molecule has 1 aliphatic heterocycles. The highest BCUT2D eigenvalue weighted by Crippen LogP contribution is 2.22. The number of hydrogen-bond donors (Lipinski definition) is 2. The molecule has 1 aromatic rings. The standard InChI is InChI=1S/C20H31N3O4S/c1-14-6-7-17(28(26,27)22-20(3,4)5)12-18(14)19(25)23-10-8-16(9-11-23)13-21-15(2)24/h6-7,12,16,22H,8-11,13H2,1-5H3,(H,21,24). The minimum Gasteiger partial charge on any atom is -0.356 e. The molecule has 28 heavy (non-hydrogen) atoms. The number of likely N-dealkylation sites (tertiary alicyclic amines) is 1. The molecule has 156 valence electrons. The summed E-state index contributed by atoms with van der Waals surface area (Å²) in [6.07, 6.45) is 1.63. The average Bonchev–Trinajstić information content (AvgIpc) is 2.58. The van der Waals surface area contributed by atoms with Crippen LogP contribution in [-0.2, 0) is 14.8 Å². The van der Waals surface area contributed by atoms with Gasteiger partial charge in [-0.2, -0.15) is 0 Å². The molecule has 2 amide bonds. The summed E-state index contributed by atoms with van der Waals surface area (Å²) in [4.78, 5) is 25.9. The zero-order valence-electron chi connectivity index (χ0n) is 17.3. The summed E-state index contributed by atoms with van der Waals surface area (Å²) in [6.45, 7) is 10.4. The molecule has 7 nitrogen and oxygen atoms in total. The number of nitrogens with zero attached hydrogens (tertiary/aromatic N) is 1. The van der Waals surface area contributed by atoms with Gasteiger partial charge in [-0.1, -0.05) is 6.07 Å². The molecule has 0 spiro atoms. The monoisotopic (exact) mass is 409 g/mol. The van der Waals surface area contributed by atoms with E-state index in [-0.39, 0.29) is 16.7 Å². The minimum atomic E-state index is -3.71. The first-order valence-corrected chi connectivity index (χ1v) is 11.1. The molecule has 2 rings (SSSR count). The predicted octanol–water partition coefficient (Wildman–Crippen LogP) is 2.06. The molecule has 0 radical (unpaired) electrons. The Morgan fingerprint density at radius 3 is 2.32 bits per heavy atom. The molecule has 8 heteroatoms. The Hall–Kier alpha value is -1.93. The highest BCUT2D eigenvalue weighted by molar-refractivity contribution is 7.89. The Kier molecular flexibility index (Phi) is 6.88. The van der Waals surface area contributed by atoms with Gasteiger partial charge in [-0.25, -0.2) is 13.1 Å². The van der Waals surface area contributed by atoms with E-state index in [1.807, 2.05) is 6.92 Å². The highest BCUT2D eigenvalue weighted by atomic mass is 32.2. The quantitative estimate of drug-likeness (QED) is 0.778. The number of piperidine rings is 1. The summed E-state index contributed by atoms with van der Waals surface area (Å²) in [5, 5.41) is 2.83. The fourth-order valence-electron chi connectivity index (χ4n) is 3.26. The number of rotatable bonds is 5. The van der Waals surface area contributed by atoms with Gasteiger partial charge in [-0.15, -0.1) is 0 Å². The lowest BCUT2D eigenvalue weighted by Gasteiger charge is -2.32. The second kappa shape index (κ2) is 8.61. The second-order valence-electron chi connectivity index (χ2n) is 8.50. The Bertz CT molecular complexity index is 835. The van der Waals surface area contributed by atoms with Crippen molar-refractivity contribution in [3.63, 3.8) is 0 Å². The second-order valence-corrected chi connectivity index (χ2v) is 10.2. The first-order chi connectivity index (χ1) is 12.9. The number of sulfonamides is 1. The molecule has 2 N–H and O–H groups in total. The van der Waals surface area contributed by atoms with Crippen molar-refractivity contribution < 1.29 is 18.0 Å². The van der Waals surface area contributed by atoms with Crippen LogP contribution in [-0.4, -0.2) is 50.3 Å². The number of carbonyl (C=O) groups excluding carboxylic acids is 2. The summed E-state index contributed by atoms with van der Waals surface area (Å²) in [6, 6.07) is 4.67. The van der Waals surface area contributed by atoms with Gasteiger partial charge in [-0.05, 0) is 64.2 Å². The Morgan fingerprint density at radius 2 is 1.79 bits per heavy atom. The summed E-state index contributed by atoms with van der Waals surface area (Å²) in [7, 11) is -3.71. The highest BCUT2D eigenvalue weighted by Gasteiger charge is 2.27. The smallest absolute Gasteiger partial charge is 0.254 e. The fraction of sp³-hybridized carbons (Fsp3) is 0.600. The largest absolute Gasteiger partial charge is 0.356 e. The van der Waals surface area contributed by atoms with Gasteiger partial charge in [0.2, 0.25) is 15.9 Å². The first-order valence-electron chi connectivity index (χ1n) is 9.57. The van der Waals surface area contributed by atoms with E-state index in [9.17, 15) is 18.0 Å². The van der Waals surface area contributed by atoms with Crippen molar-refractivity contribution in [3.8, 4) is 0 Å². The summed E-state index contributed by atoms with van der Waals surface area (Å²) < 4.78 is 27.8. The van der Waals surface area contributed by atoms with E-state index in [4.69, 9.17) is 0 Å². The van der Waals surface area contributed by atoms with E-state index in [1.54, 1.807) is 31.7 Å². The van der Waals surface area contributed by atoms with Gasteiger partial charge < -0.3 is 10.2 Å². The molecule has 1 fully saturated rings. The van der Waals surface area contributed by atoms with Crippen LogP contribution in [0.1, 0.15) is 56.5 Å². The summed E-state index contributed by atoms with van der Waals surface area (Å²) in [5.74, 6) is 0.163. The molecule has 0 saturated carbocycles. The third kappa shape index (κ3) is 6.04. The lowest BCUT2D eigenvalue weighted by atomic mass is 9.96. The van der Waals surface area contributed by atoms with Crippen LogP contribution in [0.2, 0.25) is 0 Å². The average molecular weight is 410 g/mol. The van der Waals surface area contributed by atoms with Crippen LogP contribution in [0.25, 0.3) is 0 Å². The van der Waals surface area contributed by atoms with Crippen molar-refractivity contribution in [2.24, 2.45) is 5.92 Å². The predicted molar refractivity (Wildman–Crippen MR) is 109 cm³/mol. The zero-order valence-corrected chi connectivity index (χ0v) is 18.1. The van der Waals surface area contributed by atoms with Crippen molar-refractivity contribution in [2.45, 2.75) is 57.9 Å². The maximum absolute atomic E-state index is 13.0. The summed E-state index contributed by atoms with van der Waals surface area (Å²) >= 11 is 0. The molecule has 0 unspecified atom stereocenters. The topological polar surface area (TPSA) is 95.6 Å². The van der Waals surface area contributed by atoms with Gasteiger partial charge in [0.15, 0.2) is 0 Å². The van der Waals surface area contributed by atoms with Crippen LogP contribution in [0.5, 0.6) is 0 Å². The molecule has 1 heterocycles. The lowest BCUT2D eigenvalue weighted by Crippen LogP contribution is -2.42. The normalized spacial score (nSPS) is 16.1. The Morgan fingerprint density at radius 1 is 1.18 bits per heavy atom. The molecular formula is C20H31N3O4S. The molecule has 0 atom stereocenters. The van der Waals surface area contributed by atoms with Crippen LogP contribution in [0.3, 0.4) is 0 Å². The van der Waals surface area contributed by atoms with E-state index >= 15 is 0 Å². The maximum atomic E-state index is 13.0. The molecule has 0 aliphatic carbocycles. The van der Waals surface area contributed by atoms with Gasteiger partial charge >= 0.3 is 0 Å². The third-order valence-electron chi connectivity index (χ3n) is 4.73. The van der Waals surface area contributed by atoms with E-state index in [0.717, 1.165) is 18.4 Å². The van der Waals surface area contributed by atoms with E-state index in [2.05, 4.69) is 10.0 Å². The van der Waals surface area contributed by atoms with Gasteiger partial charge in [0.25, 0.3) is 5.91 Å². The molecule has 1 aromatic carbocycles. The molecule has 1 aliphatic rings. The molecular weight excluding hydrogens is 378 g/mol. The molecule has 0 aromatic heterocycles. The fourth-order valence-corrected chi connectivity index (χ4v) is 4.70. The van der Waals surface area contributed by atoms with Gasteiger partial charge in [0.1, 0.15) is 0 Å². The Balaban J connectivity index is 2.13. The molecule has 0 bridgehead atoms. The van der Waals surface area contributed by atoms with Gasteiger partial charge in [-0.3, -0.25) is 9.59 Å². The number of amides is 2. The third-order valence-corrected chi connectivity index (χ3v) is 6.49. The maximum Gasteiger partial charge on any atom is 0.254 e. The number of hydrogen-bond acceptors (Lipinski definition) is 4. The number of aryl methyl sites for hydroxylation is 1. The van der Waals surface area contributed by atoms with Crippen LogP contribution in [0.4, 0.5) is 0 Å². The zero-order chi connectivity index (χ0) is 21.1. The van der Waals surface area contributed by atoms with Crippen LogP contribution >= 0.6 is 0 Å². The summed E-state index contributed by atoms with van der Waals surface area (Å²) in [5.41, 5.74) is 0.557. The lowest BCUT2D eigenvalue weighted by molar-refractivity contribution is -0.119.